The molecule has 1 amide bonds. The van der Waals surface area contributed by atoms with Crippen molar-refractivity contribution in [1.29, 1.82) is 0 Å². The van der Waals surface area contributed by atoms with Crippen LogP contribution in [0.5, 0.6) is 11.5 Å². The number of amides is 1. The van der Waals surface area contributed by atoms with E-state index in [1.165, 1.54) is 28.6 Å². The quantitative estimate of drug-likeness (QED) is 0.549. The zero-order valence-electron chi connectivity index (χ0n) is 19.4. The van der Waals surface area contributed by atoms with E-state index in [9.17, 15) is 13.2 Å². The summed E-state index contributed by atoms with van der Waals surface area (Å²) in [6.07, 6.45) is 1.37. The highest BCUT2D eigenvalue weighted by Gasteiger charge is 2.31. The SMILES string of the molecule is CC1CC(C)CN(S(=O)(=O)c2ccc(C(=O)Nc3nnc(Cc4ccc5c(c4)OCO5)o3)cc2)C1. The predicted octanol–water partition coefficient (Wildman–Crippen LogP) is 3.31. The molecule has 0 bridgehead atoms. The van der Waals surface area contributed by atoms with Gasteiger partial charge in [-0.15, -0.1) is 5.10 Å². The van der Waals surface area contributed by atoms with Crippen LogP contribution in [0.1, 0.15) is 42.1 Å². The molecule has 1 aromatic heterocycles. The molecule has 10 nitrogen and oxygen atoms in total. The summed E-state index contributed by atoms with van der Waals surface area (Å²) in [5.41, 5.74) is 1.17. The molecule has 2 aliphatic rings. The van der Waals surface area contributed by atoms with Crippen LogP contribution in [-0.4, -0.2) is 48.7 Å². The Morgan fingerprint density at radius 2 is 1.74 bits per heavy atom. The van der Waals surface area contributed by atoms with Crippen LogP contribution in [0.25, 0.3) is 0 Å². The smallest absolute Gasteiger partial charge is 0.322 e. The van der Waals surface area contributed by atoms with Crippen molar-refractivity contribution in [3.05, 3.63) is 59.5 Å². The zero-order chi connectivity index (χ0) is 24.6. The minimum atomic E-state index is -3.62. The van der Waals surface area contributed by atoms with E-state index >= 15 is 0 Å². The maximum atomic E-state index is 13.0. The molecule has 1 fully saturated rings. The minimum Gasteiger partial charge on any atom is -0.454 e. The van der Waals surface area contributed by atoms with E-state index in [0.717, 1.165) is 12.0 Å². The second kappa shape index (κ2) is 9.31. The summed E-state index contributed by atoms with van der Waals surface area (Å²) in [6, 6.07) is 11.3. The Morgan fingerprint density at radius 1 is 1.03 bits per heavy atom. The first-order valence-corrected chi connectivity index (χ1v) is 12.8. The third kappa shape index (κ3) is 5.01. The van der Waals surface area contributed by atoms with Crippen molar-refractivity contribution in [2.75, 3.05) is 25.2 Å². The average Bonchev–Trinajstić information content (AvgIpc) is 3.47. The van der Waals surface area contributed by atoms with Gasteiger partial charge in [0.25, 0.3) is 5.91 Å². The zero-order valence-corrected chi connectivity index (χ0v) is 20.2. The normalized spacial score (nSPS) is 20.1. The van der Waals surface area contributed by atoms with Crippen molar-refractivity contribution >= 4 is 21.9 Å². The number of benzene rings is 2. The van der Waals surface area contributed by atoms with E-state index in [4.69, 9.17) is 13.9 Å². The molecule has 2 aromatic carbocycles. The largest absolute Gasteiger partial charge is 0.454 e. The molecule has 5 rings (SSSR count). The number of rotatable bonds is 6. The molecule has 1 saturated heterocycles. The Bertz CT molecular complexity index is 1330. The number of sulfonamides is 1. The van der Waals surface area contributed by atoms with Crippen molar-refractivity contribution in [1.82, 2.24) is 14.5 Å². The van der Waals surface area contributed by atoms with Crippen molar-refractivity contribution in [2.45, 2.75) is 31.6 Å². The molecule has 2 aliphatic heterocycles. The standard InChI is InChI=1S/C24H26N4O6S/c1-15-9-16(2)13-28(12-15)35(30,31)19-6-4-18(5-7-19)23(29)25-24-27-26-22(34-24)11-17-3-8-20-21(10-17)33-14-32-20/h3-8,10,15-16H,9,11-14H2,1-2H3,(H,25,27,29). The van der Waals surface area contributed by atoms with Crippen molar-refractivity contribution < 1.29 is 27.1 Å². The van der Waals surface area contributed by atoms with Gasteiger partial charge in [-0.25, -0.2) is 8.42 Å². The lowest BCUT2D eigenvalue weighted by Crippen LogP contribution is -2.42. The van der Waals surface area contributed by atoms with Crippen LogP contribution in [0.2, 0.25) is 0 Å². The highest BCUT2D eigenvalue weighted by molar-refractivity contribution is 7.89. The van der Waals surface area contributed by atoms with E-state index < -0.39 is 15.9 Å². The first kappa shape index (κ1) is 23.3. The predicted molar refractivity (Wildman–Crippen MR) is 126 cm³/mol. The number of carbonyl (C=O) groups is 1. The molecule has 2 atom stereocenters. The van der Waals surface area contributed by atoms with Gasteiger partial charge in [0.2, 0.25) is 22.7 Å². The van der Waals surface area contributed by atoms with Gasteiger partial charge in [-0.1, -0.05) is 25.0 Å². The van der Waals surface area contributed by atoms with E-state index in [0.29, 0.717) is 48.7 Å². The average molecular weight is 499 g/mol. The van der Waals surface area contributed by atoms with Crippen LogP contribution < -0.4 is 14.8 Å². The Hall–Kier alpha value is -3.44. The number of fused-ring (bicyclic) bond motifs is 1. The molecular formula is C24H26N4O6S. The van der Waals surface area contributed by atoms with Crippen LogP contribution in [0.3, 0.4) is 0 Å². The summed E-state index contributed by atoms with van der Waals surface area (Å²) in [5, 5.41) is 10.4. The number of carbonyl (C=O) groups excluding carboxylic acids is 1. The summed E-state index contributed by atoms with van der Waals surface area (Å²) in [4.78, 5) is 12.8. The molecule has 35 heavy (non-hydrogen) atoms. The Balaban J connectivity index is 1.22. The Morgan fingerprint density at radius 3 is 2.49 bits per heavy atom. The fraction of sp³-hybridized carbons (Fsp3) is 0.375. The van der Waals surface area contributed by atoms with Crippen LogP contribution in [-0.2, 0) is 16.4 Å². The van der Waals surface area contributed by atoms with Crippen molar-refractivity contribution in [3.63, 3.8) is 0 Å². The number of aromatic nitrogens is 2. The third-order valence-electron chi connectivity index (χ3n) is 6.07. The lowest BCUT2D eigenvalue weighted by atomic mass is 9.94. The maximum Gasteiger partial charge on any atom is 0.322 e. The van der Waals surface area contributed by atoms with Gasteiger partial charge >= 0.3 is 6.01 Å². The molecule has 0 spiro atoms. The molecule has 11 heteroatoms. The van der Waals surface area contributed by atoms with Crippen molar-refractivity contribution in [2.24, 2.45) is 11.8 Å². The van der Waals surface area contributed by atoms with E-state index in [1.807, 2.05) is 18.2 Å². The molecule has 2 unspecified atom stereocenters. The van der Waals surface area contributed by atoms with Gasteiger partial charge in [-0.05, 0) is 60.2 Å². The summed E-state index contributed by atoms with van der Waals surface area (Å²) < 4.78 is 43.8. The number of nitrogens with one attached hydrogen (secondary N) is 1. The van der Waals surface area contributed by atoms with E-state index in [1.54, 1.807) is 0 Å². The van der Waals surface area contributed by atoms with Gasteiger partial charge in [0.05, 0.1) is 11.3 Å². The van der Waals surface area contributed by atoms with E-state index in [2.05, 4.69) is 29.4 Å². The molecular weight excluding hydrogens is 472 g/mol. The first-order valence-electron chi connectivity index (χ1n) is 11.4. The van der Waals surface area contributed by atoms with Gasteiger partial charge in [-0.2, -0.15) is 4.31 Å². The Labute approximate surface area is 203 Å². The first-order chi connectivity index (χ1) is 16.8. The lowest BCUT2D eigenvalue weighted by Gasteiger charge is -2.34. The molecule has 0 saturated carbocycles. The lowest BCUT2D eigenvalue weighted by molar-refractivity contribution is 0.102. The number of hydrogen-bond donors (Lipinski definition) is 1. The van der Waals surface area contributed by atoms with Crippen LogP contribution in [0.4, 0.5) is 6.01 Å². The second-order valence-corrected chi connectivity index (χ2v) is 11.0. The number of nitrogens with zero attached hydrogens (tertiary/aromatic N) is 3. The molecule has 3 aromatic rings. The fourth-order valence-corrected chi connectivity index (χ4v) is 6.18. The van der Waals surface area contributed by atoms with Crippen molar-refractivity contribution in [3.8, 4) is 11.5 Å². The van der Waals surface area contributed by atoms with Crippen LogP contribution in [0.15, 0.2) is 51.8 Å². The summed E-state index contributed by atoms with van der Waals surface area (Å²) in [5.74, 6) is 1.81. The number of anilines is 1. The maximum absolute atomic E-state index is 13.0. The van der Waals surface area contributed by atoms with Gasteiger partial charge in [0.1, 0.15) is 0 Å². The highest BCUT2D eigenvalue weighted by atomic mass is 32.2. The Kier molecular flexibility index (Phi) is 6.20. The van der Waals surface area contributed by atoms with Gasteiger partial charge in [0, 0.05) is 18.7 Å². The number of ether oxygens (including phenoxy) is 2. The van der Waals surface area contributed by atoms with Crippen LogP contribution in [0, 0.1) is 11.8 Å². The van der Waals surface area contributed by atoms with Gasteiger partial charge < -0.3 is 13.9 Å². The topological polar surface area (TPSA) is 124 Å². The summed E-state index contributed by atoms with van der Waals surface area (Å²) in [7, 11) is -3.62. The molecule has 0 aliphatic carbocycles. The highest BCUT2D eigenvalue weighted by Crippen LogP contribution is 2.33. The van der Waals surface area contributed by atoms with Crippen LogP contribution >= 0.6 is 0 Å². The molecule has 0 radical (unpaired) electrons. The molecule has 184 valence electrons. The van der Waals surface area contributed by atoms with Gasteiger partial charge in [0.15, 0.2) is 11.5 Å². The fourth-order valence-electron chi connectivity index (χ4n) is 4.50. The van der Waals surface area contributed by atoms with E-state index in [-0.39, 0.29) is 23.3 Å². The monoisotopic (exact) mass is 498 g/mol. The molecule has 1 N–H and O–H groups in total. The van der Waals surface area contributed by atoms with Gasteiger partial charge in [-0.3, -0.25) is 10.1 Å². The minimum absolute atomic E-state index is 0.0428. The summed E-state index contributed by atoms with van der Waals surface area (Å²) in [6.45, 7) is 5.31. The number of hydrogen-bond acceptors (Lipinski definition) is 8. The molecule has 3 heterocycles. The summed E-state index contributed by atoms with van der Waals surface area (Å²) >= 11 is 0. The number of piperidine rings is 1. The second-order valence-electron chi connectivity index (χ2n) is 9.11. The third-order valence-corrected chi connectivity index (χ3v) is 7.92.